The van der Waals surface area contributed by atoms with Gasteiger partial charge in [-0.1, -0.05) is 6.92 Å². The van der Waals surface area contributed by atoms with Gasteiger partial charge in [-0.25, -0.2) is 14.6 Å². The van der Waals surface area contributed by atoms with Crippen LogP contribution in [0.3, 0.4) is 0 Å². The van der Waals surface area contributed by atoms with Crippen molar-refractivity contribution in [1.82, 2.24) is 9.55 Å². The van der Waals surface area contributed by atoms with E-state index in [1.807, 2.05) is 0 Å². The molecule has 1 atom stereocenters. The molecule has 1 aromatic rings. The summed E-state index contributed by atoms with van der Waals surface area (Å²) in [6.07, 6.45) is 0.823. The van der Waals surface area contributed by atoms with Gasteiger partial charge >= 0.3 is 17.8 Å². The average molecular weight is 269 g/mol. The molecule has 1 unspecified atom stereocenters. The Kier molecular flexibility index (Phi) is 5.04. The van der Waals surface area contributed by atoms with Gasteiger partial charge in [0.2, 0.25) is 0 Å². The maximum absolute atomic E-state index is 11.6. The normalized spacial score (nSPS) is 11.8. The Hall–Kier alpha value is -2.38. The third-order valence-electron chi connectivity index (χ3n) is 2.60. The van der Waals surface area contributed by atoms with E-state index in [2.05, 4.69) is 4.98 Å². The third kappa shape index (κ3) is 3.80. The zero-order valence-electron chi connectivity index (χ0n) is 10.4. The molecule has 1 rings (SSSR count). The number of nitrogen functional groups attached to an aromatic ring is 1. The Morgan fingerprint density at radius 1 is 1.58 bits per heavy atom. The molecule has 0 aliphatic heterocycles. The van der Waals surface area contributed by atoms with Crippen molar-refractivity contribution in [2.75, 3.05) is 12.3 Å². The quantitative estimate of drug-likeness (QED) is 0.788. The van der Waals surface area contributed by atoms with Crippen LogP contribution in [-0.2, 0) is 9.53 Å². The predicted molar refractivity (Wildman–Crippen MR) is 65.7 cm³/mol. The first-order chi connectivity index (χ1) is 8.97. The fourth-order valence-corrected chi connectivity index (χ4v) is 1.46. The second-order valence-corrected chi connectivity index (χ2v) is 3.83. The molecule has 0 aromatic carbocycles. The molecule has 0 spiro atoms. The standard InChI is InChI=1S/C11H15N3O5/c1-2-7(9(15)16)4-6-19-11(18)14-8(12)3-5-13-10(14)17/h3,5,7H,2,4,6,12H2,1H3,(H,15,16). The second-order valence-electron chi connectivity index (χ2n) is 3.83. The van der Waals surface area contributed by atoms with Gasteiger partial charge in [-0.05, 0) is 18.9 Å². The van der Waals surface area contributed by atoms with Crippen molar-refractivity contribution in [2.24, 2.45) is 5.92 Å². The van der Waals surface area contributed by atoms with E-state index in [0.29, 0.717) is 11.0 Å². The topological polar surface area (TPSA) is 125 Å². The highest BCUT2D eigenvalue weighted by atomic mass is 16.5. The molecule has 3 N–H and O–H groups in total. The molecule has 8 heteroatoms. The summed E-state index contributed by atoms with van der Waals surface area (Å²) >= 11 is 0. The zero-order valence-corrected chi connectivity index (χ0v) is 10.4. The molecule has 104 valence electrons. The van der Waals surface area contributed by atoms with E-state index in [1.54, 1.807) is 6.92 Å². The Balaban J connectivity index is 2.62. The summed E-state index contributed by atoms with van der Waals surface area (Å²) in [5, 5.41) is 8.82. The van der Waals surface area contributed by atoms with Crippen molar-refractivity contribution in [2.45, 2.75) is 19.8 Å². The summed E-state index contributed by atoms with van der Waals surface area (Å²) < 4.78 is 5.40. The van der Waals surface area contributed by atoms with Gasteiger partial charge in [-0.15, -0.1) is 0 Å². The van der Waals surface area contributed by atoms with Gasteiger partial charge in [-0.2, -0.15) is 4.57 Å². The molecule has 0 saturated carbocycles. The molecule has 1 aromatic heterocycles. The second kappa shape index (κ2) is 6.53. The number of hydrogen-bond donors (Lipinski definition) is 2. The first kappa shape index (κ1) is 14.7. The van der Waals surface area contributed by atoms with Crippen LogP contribution in [0, 0.1) is 5.92 Å². The molecule has 0 radical (unpaired) electrons. The summed E-state index contributed by atoms with van der Waals surface area (Å²) in [6.45, 7) is 1.62. The van der Waals surface area contributed by atoms with Crippen LogP contribution in [0.5, 0.6) is 0 Å². The fourth-order valence-electron chi connectivity index (χ4n) is 1.46. The molecule has 1 heterocycles. The van der Waals surface area contributed by atoms with E-state index in [0.717, 1.165) is 0 Å². The van der Waals surface area contributed by atoms with Crippen LogP contribution in [0.4, 0.5) is 10.6 Å². The lowest BCUT2D eigenvalue weighted by Crippen LogP contribution is -2.32. The summed E-state index contributed by atoms with van der Waals surface area (Å²) in [5.41, 5.74) is 4.62. The number of hydrogen-bond acceptors (Lipinski definition) is 6. The van der Waals surface area contributed by atoms with Crippen LogP contribution in [0.15, 0.2) is 17.1 Å². The van der Waals surface area contributed by atoms with Crippen LogP contribution < -0.4 is 11.4 Å². The van der Waals surface area contributed by atoms with E-state index < -0.39 is 23.7 Å². The van der Waals surface area contributed by atoms with Gasteiger partial charge in [0.15, 0.2) is 0 Å². The Morgan fingerprint density at radius 2 is 2.26 bits per heavy atom. The van der Waals surface area contributed by atoms with Crippen molar-refractivity contribution in [3.05, 3.63) is 22.7 Å². The third-order valence-corrected chi connectivity index (χ3v) is 2.60. The van der Waals surface area contributed by atoms with E-state index in [1.165, 1.54) is 12.3 Å². The molecular formula is C11H15N3O5. The van der Waals surface area contributed by atoms with Gasteiger partial charge in [-0.3, -0.25) is 4.79 Å². The SMILES string of the molecule is CCC(CCOC(=O)n1c(N)ccnc1=O)C(=O)O. The highest BCUT2D eigenvalue weighted by Gasteiger charge is 2.17. The number of ether oxygens (including phenoxy) is 1. The smallest absolute Gasteiger partial charge is 0.423 e. The first-order valence-corrected chi connectivity index (χ1v) is 5.70. The molecule has 0 amide bonds. The number of carboxylic acid groups (broad SMARTS) is 1. The summed E-state index contributed by atoms with van der Waals surface area (Å²) in [4.78, 5) is 37.1. The van der Waals surface area contributed by atoms with Crippen molar-refractivity contribution in [3.63, 3.8) is 0 Å². The van der Waals surface area contributed by atoms with Crippen LogP contribution >= 0.6 is 0 Å². The molecule has 8 nitrogen and oxygen atoms in total. The Morgan fingerprint density at radius 3 is 2.79 bits per heavy atom. The largest absolute Gasteiger partial charge is 0.481 e. The van der Waals surface area contributed by atoms with Crippen LogP contribution in [0.1, 0.15) is 19.8 Å². The number of anilines is 1. The number of aliphatic carboxylic acids is 1. The van der Waals surface area contributed by atoms with E-state index in [4.69, 9.17) is 15.6 Å². The summed E-state index contributed by atoms with van der Waals surface area (Å²) in [7, 11) is 0. The van der Waals surface area contributed by atoms with Gasteiger partial charge in [0.25, 0.3) is 0 Å². The molecule has 0 aliphatic carbocycles. The van der Waals surface area contributed by atoms with E-state index in [-0.39, 0.29) is 18.8 Å². The first-order valence-electron chi connectivity index (χ1n) is 5.70. The number of carboxylic acids is 1. The lowest BCUT2D eigenvalue weighted by molar-refractivity contribution is -0.142. The van der Waals surface area contributed by atoms with Gasteiger partial charge in [0.1, 0.15) is 5.82 Å². The highest BCUT2D eigenvalue weighted by molar-refractivity contribution is 5.74. The monoisotopic (exact) mass is 269 g/mol. The lowest BCUT2D eigenvalue weighted by Gasteiger charge is -2.11. The average Bonchev–Trinajstić information content (AvgIpc) is 2.34. The molecule has 0 aliphatic rings. The zero-order chi connectivity index (χ0) is 14.4. The maximum atomic E-state index is 11.6. The number of nitrogens with zero attached hydrogens (tertiary/aromatic N) is 2. The number of carbonyl (C=O) groups excluding carboxylic acids is 1. The molecule has 0 bridgehead atoms. The molecule has 0 saturated heterocycles. The van der Waals surface area contributed by atoms with Gasteiger partial charge < -0.3 is 15.6 Å². The molecular weight excluding hydrogens is 254 g/mol. The van der Waals surface area contributed by atoms with Gasteiger partial charge in [0.05, 0.1) is 12.5 Å². The minimum Gasteiger partial charge on any atom is -0.481 e. The fraction of sp³-hybridized carbons (Fsp3) is 0.455. The van der Waals surface area contributed by atoms with Crippen LogP contribution in [0.25, 0.3) is 0 Å². The number of aromatic nitrogens is 2. The van der Waals surface area contributed by atoms with Crippen molar-refractivity contribution in [1.29, 1.82) is 0 Å². The van der Waals surface area contributed by atoms with Crippen LogP contribution in [-0.4, -0.2) is 33.3 Å². The van der Waals surface area contributed by atoms with Gasteiger partial charge in [0, 0.05) is 6.20 Å². The maximum Gasteiger partial charge on any atom is 0.423 e. The van der Waals surface area contributed by atoms with Crippen molar-refractivity contribution < 1.29 is 19.4 Å². The minimum atomic E-state index is -0.962. The van der Waals surface area contributed by atoms with Crippen molar-refractivity contribution >= 4 is 17.9 Å². The Labute approximate surface area is 108 Å². The summed E-state index contributed by atoms with van der Waals surface area (Å²) in [5.74, 6) is -1.62. The lowest BCUT2D eigenvalue weighted by atomic mass is 10.0. The Bertz CT molecular complexity index is 525. The molecule has 0 fully saturated rings. The minimum absolute atomic E-state index is 0.0877. The number of nitrogens with two attached hydrogens (primary N) is 1. The van der Waals surface area contributed by atoms with E-state index in [9.17, 15) is 14.4 Å². The number of carbonyl (C=O) groups is 2. The summed E-state index contributed by atoms with van der Waals surface area (Å²) in [6, 6.07) is 1.29. The highest BCUT2D eigenvalue weighted by Crippen LogP contribution is 2.08. The van der Waals surface area contributed by atoms with E-state index >= 15 is 0 Å². The van der Waals surface area contributed by atoms with Crippen LogP contribution in [0.2, 0.25) is 0 Å². The van der Waals surface area contributed by atoms with Crippen molar-refractivity contribution in [3.8, 4) is 0 Å². The molecule has 19 heavy (non-hydrogen) atoms. The predicted octanol–water partition coefficient (Wildman–Crippen LogP) is 0.311. The number of rotatable bonds is 5.